The first-order chi connectivity index (χ1) is 12.1. The highest BCUT2D eigenvalue weighted by Crippen LogP contribution is 2.24. The summed E-state index contributed by atoms with van der Waals surface area (Å²) in [5.74, 6) is -0.103. The van der Waals surface area contributed by atoms with Gasteiger partial charge in [-0.15, -0.1) is 11.8 Å². The molecular weight excluding hydrogens is 338 g/mol. The molecule has 0 heterocycles. The summed E-state index contributed by atoms with van der Waals surface area (Å²) < 4.78 is 10.7. The summed E-state index contributed by atoms with van der Waals surface area (Å²) in [5.41, 5.74) is 0.552. The van der Waals surface area contributed by atoms with Crippen LogP contribution in [-0.4, -0.2) is 30.3 Å². The summed E-state index contributed by atoms with van der Waals surface area (Å²) >= 11 is 1.37. The number of para-hydroxylation sites is 2. The van der Waals surface area contributed by atoms with Crippen molar-refractivity contribution in [3.05, 3.63) is 54.6 Å². The lowest BCUT2D eigenvalue weighted by Crippen LogP contribution is -2.30. The quantitative estimate of drug-likeness (QED) is 0.574. The zero-order valence-electron chi connectivity index (χ0n) is 14.2. The summed E-state index contributed by atoms with van der Waals surface area (Å²) in [6, 6.07) is 16.7. The number of hydrogen-bond donors (Lipinski definition) is 1. The summed E-state index contributed by atoms with van der Waals surface area (Å²) in [6.45, 7) is 3.91. The van der Waals surface area contributed by atoms with Gasteiger partial charge in [0.2, 0.25) is 0 Å². The molecule has 0 spiro atoms. The Kier molecular flexibility index (Phi) is 7.35. The Bertz CT molecular complexity index is 706. The van der Waals surface area contributed by atoms with Gasteiger partial charge in [-0.2, -0.15) is 0 Å². The van der Waals surface area contributed by atoms with Gasteiger partial charge in [-0.25, -0.2) is 0 Å². The van der Waals surface area contributed by atoms with Crippen molar-refractivity contribution in [2.24, 2.45) is 0 Å². The molecule has 132 valence electrons. The van der Waals surface area contributed by atoms with E-state index >= 15 is 0 Å². The van der Waals surface area contributed by atoms with Crippen LogP contribution in [0.1, 0.15) is 13.8 Å². The van der Waals surface area contributed by atoms with Crippen LogP contribution in [0.15, 0.2) is 59.5 Å². The normalized spacial score (nSPS) is 11.4. The van der Waals surface area contributed by atoms with E-state index in [-0.39, 0.29) is 5.75 Å². The molecule has 6 heteroatoms. The molecule has 1 amide bonds. The first-order valence-electron chi connectivity index (χ1n) is 8.00. The topological polar surface area (TPSA) is 64.6 Å². The van der Waals surface area contributed by atoms with E-state index < -0.39 is 18.0 Å². The molecule has 0 aromatic heterocycles. The van der Waals surface area contributed by atoms with Crippen LogP contribution < -0.4 is 10.1 Å². The smallest absolute Gasteiger partial charge is 0.317 e. The second kappa shape index (κ2) is 9.74. The van der Waals surface area contributed by atoms with E-state index in [1.165, 1.54) is 11.8 Å². The van der Waals surface area contributed by atoms with Gasteiger partial charge in [-0.05, 0) is 38.1 Å². The molecule has 0 radical (unpaired) electrons. The summed E-state index contributed by atoms with van der Waals surface area (Å²) in [6.07, 6.45) is -0.890. The van der Waals surface area contributed by atoms with E-state index in [2.05, 4.69) is 5.32 Å². The Balaban J connectivity index is 1.84. The van der Waals surface area contributed by atoms with Crippen molar-refractivity contribution < 1.29 is 19.1 Å². The lowest BCUT2D eigenvalue weighted by atomic mass is 10.2. The summed E-state index contributed by atoms with van der Waals surface area (Å²) in [7, 11) is 0. The molecule has 2 aromatic rings. The molecule has 0 saturated carbocycles. The van der Waals surface area contributed by atoms with Crippen molar-refractivity contribution in [1.82, 2.24) is 0 Å². The molecule has 0 fully saturated rings. The van der Waals surface area contributed by atoms with E-state index in [4.69, 9.17) is 9.47 Å². The van der Waals surface area contributed by atoms with Crippen LogP contribution in [0.3, 0.4) is 0 Å². The number of carbonyl (C=O) groups excluding carboxylic acids is 2. The van der Waals surface area contributed by atoms with Crippen molar-refractivity contribution in [2.75, 3.05) is 17.7 Å². The van der Waals surface area contributed by atoms with Crippen LogP contribution in [-0.2, 0) is 14.3 Å². The van der Waals surface area contributed by atoms with Gasteiger partial charge in [-0.3, -0.25) is 9.59 Å². The number of esters is 1. The van der Waals surface area contributed by atoms with Crippen molar-refractivity contribution in [1.29, 1.82) is 0 Å². The number of nitrogens with one attached hydrogen (secondary N) is 1. The molecule has 0 saturated heterocycles. The number of rotatable bonds is 8. The Morgan fingerprint density at radius 2 is 1.76 bits per heavy atom. The van der Waals surface area contributed by atoms with Crippen molar-refractivity contribution in [3.63, 3.8) is 0 Å². The molecule has 5 nitrogen and oxygen atoms in total. The minimum Gasteiger partial charge on any atom is -0.492 e. The first-order valence-corrected chi connectivity index (χ1v) is 8.98. The van der Waals surface area contributed by atoms with Crippen molar-refractivity contribution in [3.8, 4) is 5.75 Å². The molecule has 1 N–H and O–H groups in total. The number of ether oxygens (including phenoxy) is 2. The van der Waals surface area contributed by atoms with Gasteiger partial charge in [0, 0.05) is 4.90 Å². The highest BCUT2D eigenvalue weighted by molar-refractivity contribution is 8.00. The van der Waals surface area contributed by atoms with Gasteiger partial charge in [0.25, 0.3) is 5.91 Å². The van der Waals surface area contributed by atoms with Crippen LogP contribution in [0.2, 0.25) is 0 Å². The Morgan fingerprint density at radius 3 is 2.48 bits per heavy atom. The molecule has 0 aliphatic carbocycles. The highest BCUT2D eigenvalue weighted by atomic mass is 32.2. The molecule has 0 aliphatic heterocycles. The second-order valence-electron chi connectivity index (χ2n) is 5.15. The molecular formula is C19H21NO4S. The second-order valence-corrected chi connectivity index (χ2v) is 6.20. The first kappa shape index (κ1) is 18.9. The maximum atomic E-state index is 12.2. The molecule has 0 bridgehead atoms. The standard InChI is InChI=1S/C19H21NO4S/c1-3-23-17-12-8-7-11-16(17)20-19(22)14(2)24-18(21)13-25-15-9-5-4-6-10-15/h4-12,14H,3,13H2,1-2H3,(H,20,22)/t14-/m1/s1. The average Bonchev–Trinajstić information content (AvgIpc) is 2.62. The third-order valence-corrected chi connectivity index (χ3v) is 4.21. The number of hydrogen-bond acceptors (Lipinski definition) is 5. The number of anilines is 1. The van der Waals surface area contributed by atoms with Gasteiger partial charge < -0.3 is 14.8 Å². The van der Waals surface area contributed by atoms with Crippen molar-refractivity contribution in [2.45, 2.75) is 24.8 Å². The number of thioether (sulfide) groups is 1. The predicted molar refractivity (Wildman–Crippen MR) is 99.0 cm³/mol. The minimum absolute atomic E-state index is 0.150. The van der Waals surface area contributed by atoms with Gasteiger partial charge >= 0.3 is 5.97 Å². The van der Waals surface area contributed by atoms with Crippen molar-refractivity contribution >= 4 is 29.3 Å². The van der Waals surface area contributed by atoms with Gasteiger partial charge in [0.15, 0.2) is 6.10 Å². The van der Waals surface area contributed by atoms with Gasteiger partial charge in [0.1, 0.15) is 5.75 Å². The fourth-order valence-electron chi connectivity index (χ4n) is 2.03. The van der Waals surface area contributed by atoms with E-state index in [0.717, 1.165) is 4.90 Å². The third kappa shape index (κ3) is 6.15. The minimum atomic E-state index is -0.890. The SMILES string of the molecule is CCOc1ccccc1NC(=O)[C@@H](C)OC(=O)CSc1ccccc1. The molecule has 2 aromatic carbocycles. The molecule has 1 atom stereocenters. The molecule has 25 heavy (non-hydrogen) atoms. The maximum absolute atomic E-state index is 12.2. The number of amides is 1. The van der Waals surface area contributed by atoms with Crippen LogP contribution >= 0.6 is 11.8 Å². The molecule has 2 rings (SSSR count). The fraction of sp³-hybridized carbons (Fsp3) is 0.263. The monoisotopic (exact) mass is 359 g/mol. The number of carbonyl (C=O) groups is 2. The Labute approximate surface area is 151 Å². The summed E-state index contributed by atoms with van der Waals surface area (Å²) in [4.78, 5) is 25.1. The predicted octanol–water partition coefficient (Wildman–Crippen LogP) is 3.75. The highest BCUT2D eigenvalue weighted by Gasteiger charge is 2.19. The zero-order valence-corrected chi connectivity index (χ0v) is 15.0. The average molecular weight is 359 g/mol. The Hall–Kier alpha value is -2.47. The van der Waals surface area contributed by atoms with Crippen LogP contribution in [0.25, 0.3) is 0 Å². The lowest BCUT2D eigenvalue weighted by molar-refractivity contribution is -0.150. The Morgan fingerprint density at radius 1 is 1.08 bits per heavy atom. The maximum Gasteiger partial charge on any atom is 0.317 e. The largest absolute Gasteiger partial charge is 0.492 e. The van der Waals surface area contributed by atoms with E-state index in [9.17, 15) is 9.59 Å². The zero-order chi connectivity index (χ0) is 18.1. The van der Waals surface area contributed by atoms with Gasteiger partial charge in [0.05, 0.1) is 18.0 Å². The van der Waals surface area contributed by atoms with E-state index in [0.29, 0.717) is 18.0 Å². The van der Waals surface area contributed by atoms with Crippen LogP contribution in [0.5, 0.6) is 5.75 Å². The lowest BCUT2D eigenvalue weighted by Gasteiger charge is -2.15. The molecule has 0 unspecified atom stereocenters. The number of benzene rings is 2. The van der Waals surface area contributed by atoms with Gasteiger partial charge in [-0.1, -0.05) is 30.3 Å². The fourth-order valence-corrected chi connectivity index (χ4v) is 2.73. The van der Waals surface area contributed by atoms with E-state index in [1.54, 1.807) is 25.1 Å². The van der Waals surface area contributed by atoms with E-state index in [1.807, 2.05) is 43.3 Å². The van der Waals surface area contributed by atoms with Crippen LogP contribution in [0, 0.1) is 0 Å². The van der Waals surface area contributed by atoms with Crippen LogP contribution in [0.4, 0.5) is 5.69 Å². The summed E-state index contributed by atoms with van der Waals surface area (Å²) in [5, 5.41) is 2.73. The molecule has 0 aliphatic rings. The third-order valence-electron chi connectivity index (χ3n) is 3.22.